The molecule has 0 radical (unpaired) electrons. The first-order valence-electron chi connectivity index (χ1n) is 6.34. The van der Waals surface area contributed by atoms with Crippen LogP contribution in [-0.4, -0.2) is 5.21 Å². The lowest BCUT2D eigenvalue weighted by Crippen LogP contribution is -2.07. The van der Waals surface area contributed by atoms with Crippen LogP contribution < -0.4 is 10.2 Å². The Balaban J connectivity index is 2.12. The van der Waals surface area contributed by atoms with Crippen molar-refractivity contribution in [3.8, 4) is 5.75 Å². The Kier molecular flexibility index (Phi) is 4.55. The van der Waals surface area contributed by atoms with Gasteiger partial charge in [-0.2, -0.15) is 0 Å². The zero-order chi connectivity index (χ0) is 13.7. The number of hydrogen-bond acceptors (Lipinski definition) is 3. The molecule has 0 bridgehead atoms. The van der Waals surface area contributed by atoms with E-state index in [2.05, 4.69) is 17.6 Å². The van der Waals surface area contributed by atoms with E-state index in [1.165, 1.54) is 0 Å². The van der Waals surface area contributed by atoms with Gasteiger partial charge in [-0.3, -0.25) is 0 Å². The minimum absolute atomic E-state index is 0.445. The van der Waals surface area contributed by atoms with Gasteiger partial charge in [0.1, 0.15) is 12.4 Å². The quantitative estimate of drug-likeness (QED) is 0.807. The predicted octanol–water partition coefficient (Wildman–Crippen LogP) is 3.36. The zero-order valence-corrected chi connectivity index (χ0v) is 11.3. The van der Waals surface area contributed by atoms with Crippen molar-refractivity contribution in [3.05, 3.63) is 64.7 Å². The molecule has 0 amide bonds. The van der Waals surface area contributed by atoms with Crippen molar-refractivity contribution < 1.29 is 9.94 Å². The zero-order valence-electron chi connectivity index (χ0n) is 11.3. The highest BCUT2D eigenvalue weighted by Gasteiger charge is 2.06. The van der Waals surface area contributed by atoms with Crippen LogP contribution >= 0.6 is 0 Å². The number of benzene rings is 2. The van der Waals surface area contributed by atoms with E-state index in [-0.39, 0.29) is 0 Å². The third kappa shape index (κ3) is 3.56. The number of hydrogen-bond donors (Lipinski definition) is 2. The topological polar surface area (TPSA) is 41.5 Å². The lowest BCUT2D eigenvalue weighted by molar-refractivity contribution is 0.161. The summed E-state index contributed by atoms with van der Waals surface area (Å²) >= 11 is 0. The van der Waals surface area contributed by atoms with Crippen molar-refractivity contribution in [3.63, 3.8) is 0 Å². The molecule has 0 saturated carbocycles. The Morgan fingerprint density at radius 2 is 1.63 bits per heavy atom. The SMILES string of the molecule is Cc1cc(CNO)cc(C)c1OCc1ccccc1. The van der Waals surface area contributed by atoms with Crippen LogP contribution in [0.1, 0.15) is 22.3 Å². The molecule has 0 aromatic heterocycles. The van der Waals surface area contributed by atoms with Crippen LogP contribution in [0.4, 0.5) is 0 Å². The molecule has 0 saturated heterocycles. The first-order chi connectivity index (χ1) is 9.20. The van der Waals surface area contributed by atoms with Crippen molar-refractivity contribution in [2.75, 3.05) is 0 Å². The molecule has 0 spiro atoms. The second kappa shape index (κ2) is 6.36. The monoisotopic (exact) mass is 257 g/mol. The average Bonchev–Trinajstić information content (AvgIpc) is 2.39. The van der Waals surface area contributed by atoms with Gasteiger partial charge in [-0.15, -0.1) is 0 Å². The van der Waals surface area contributed by atoms with Crippen LogP contribution in [0.5, 0.6) is 5.75 Å². The van der Waals surface area contributed by atoms with E-state index in [0.29, 0.717) is 13.2 Å². The first kappa shape index (κ1) is 13.6. The van der Waals surface area contributed by atoms with Crippen LogP contribution in [0.2, 0.25) is 0 Å². The number of aryl methyl sites for hydroxylation is 2. The first-order valence-corrected chi connectivity index (χ1v) is 6.34. The maximum Gasteiger partial charge on any atom is 0.125 e. The number of nitrogens with one attached hydrogen (secondary N) is 1. The summed E-state index contributed by atoms with van der Waals surface area (Å²) in [6.45, 7) is 5.06. The van der Waals surface area contributed by atoms with Gasteiger partial charge in [-0.05, 0) is 36.1 Å². The smallest absolute Gasteiger partial charge is 0.125 e. The normalized spacial score (nSPS) is 10.5. The van der Waals surface area contributed by atoms with Gasteiger partial charge in [-0.1, -0.05) is 42.5 Å². The van der Waals surface area contributed by atoms with Crippen molar-refractivity contribution in [1.82, 2.24) is 5.48 Å². The van der Waals surface area contributed by atoms with Gasteiger partial charge >= 0.3 is 0 Å². The molecule has 3 heteroatoms. The molecular formula is C16H19NO2. The van der Waals surface area contributed by atoms with E-state index in [9.17, 15) is 0 Å². The summed E-state index contributed by atoms with van der Waals surface area (Å²) in [7, 11) is 0. The lowest BCUT2D eigenvalue weighted by atomic mass is 10.1. The summed E-state index contributed by atoms with van der Waals surface area (Å²) in [5.74, 6) is 0.922. The van der Waals surface area contributed by atoms with E-state index < -0.39 is 0 Å². The molecule has 0 aliphatic rings. The highest BCUT2D eigenvalue weighted by molar-refractivity contribution is 5.43. The Morgan fingerprint density at radius 3 is 2.21 bits per heavy atom. The third-order valence-corrected chi connectivity index (χ3v) is 3.03. The van der Waals surface area contributed by atoms with Crippen molar-refractivity contribution in [2.24, 2.45) is 0 Å². The Bertz CT molecular complexity index is 515. The Hall–Kier alpha value is -1.84. The van der Waals surface area contributed by atoms with E-state index in [1.807, 2.05) is 44.2 Å². The van der Waals surface area contributed by atoms with E-state index in [4.69, 9.17) is 9.94 Å². The minimum atomic E-state index is 0.445. The second-order valence-corrected chi connectivity index (χ2v) is 4.67. The summed E-state index contributed by atoms with van der Waals surface area (Å²) in [5, 5.41) is 8.74. The van der Waals surface area contributed by atoms with Gasteiger partial charge < -0.3 is 9.94 Å². The molecule has 0 aliphatic heterocycles. The molecule has 2 rings (SSSR count). The summed E-state index contributed by atoms with van der Waals surface area (Å²) in [6.07, 6.45) is 0. The highest BCUT2D eigenvalue weighted by atomic mass is 16.5. The van der Waals surface area contributed by atoms with Crippen LogP contribution in [0, 0.1) is 13.8 Å². The third-order valence-electron chi connectivity index (χ3n) is 3.03. The second-order valence-electron chi connectivity index (χ2n) is 4.67. The van der Waals surface area contributed by atoms with Gasteiger partial charge in [0, 0.05) is 6.54 Å². The maximum absolute atomic E-state index is 8.74. The van der Waals surface area contributed by atoms with Gasteiger partial charge in [0.25, 0.3) is 0 Å². The number of rotatable bonds is 5. The summed E-state index contributed by atoms with van der Waals surface area (Å²) in [5.41, 5.74) is 6.54. The molecule has 19 heavy (non-hydrogen) atoms. The van der Waals surface area contributed by atoms with Crippen molar-refractivity contribution in [1.29, 1.82) is 0 Å². The van der Waals surface area contributed by atoms with E-state index >= 15 is 0 Å². The molecule has 0 fully saturated rings. The van der Waals surface area contributed by atoms with Crippen LogP contribution in [0.25, 0.3) is 0 Å². The van der Waals surface area contributed by atoms with Crippen molar-refractivity contribution in [2.45, 2.75) is 27.0 Å². The largest absolute Gasteiger partial charge is 0.488 e. The molecule has 2 aromatic carbocycles. The van der Waals surface area contributed by atoms with Gasteiger partial charge in [0.05, 0.1) is 0 Å². The fourth-order valence-electron chi connectivity index (χ4n) is 2.19. The molecule has 0 unspecified atom stereocenters. The van der Waals surface area contributed by atoms with E-state index in [1.54, 1.807) is 0 Å². The van der Waals surface area contributed by atoms with Gasteiger partial charge in [-0.25, -0.2) is 5.48 Å². The molecule has 2 N–H and O–H groups in total. The van der Waals surface area contributed by atoms with Crippen LogP contribution in [-0.2, 0) is 13.2 Å². The number of hydroxylamine groups is 1. The van der Waals surface area contributed by atoms with Gasteiger partial charge in [0.2, 0.25) is 0 Å². The predicted molar refractivity (Wildman–Crippen MR) is 75.3 cm³/mol. The standard InChI is InChI=1S/C16H19NO2/c1-12-8-15(10-17-18)9-13(2)16(12)19-11-14-6-4-3-5-7-14/h3-9,17-18H,10-11H2,1-2H3. The molecule has 0 aliphatic carbocycles. The van der Waals surface area contributed by atoms with E-state index in [0.717, 1.165) is 28.0 Å². The Labute approximate surface area is 113 Å². The fraction of sp³-hybridized carbons (Fsp3) is 0.250. The fourth-order valence-corrected chi connectivity index (χ4v) is 2.19. The summed E-state index contributed by atoms with van der Waals surface area (Å²) in [6, 6.07) is 14.2. The van der Waals surface area contributed by atoms with Gasteiger partial charge in [0.15, 0.2) is 0 Å². The lowest BCUT2D eigenvalue weighted by Gasteiger charge is -2.14. The molecule has 0 atom stereocenters. The summed E-state index contributed by atoms with van der Waals surface area (Å²) < 4.78 is 5.90. The average molecular weight is 257 g/mol. The summed E-state index contributed by atoms with van der Waals surface area (Å²) in [4.78, 5) is 0. The highest BCUT2D eigenvalue weighted by Crippen LogP contribution is 2.25. The maximum atomic E-state index is 8.74. The molecule has 3 nitrogen and oxygen atoms in total. The Morgan fingerprint density at radius 1 is 1.00 bits per heavy atom. The van der Waals surface area contributed by atoms with Crippen molar-refractivity contribution >= 4 is 0 Å². The molecule has 0 heterocycles. The number of ether oxygens (including phenoxy) is 1. The minimum Gasteiger partial charge on any atom is -0.488 e. The molecular weight excluding hydrogens is 238 g/mol. The van der Waals surface area contributed by atoms with Crippen LogP contribution in [0.3, 0.4) is 0 Å². The molecule has 100 valence electrons. The van der Waals surface area contributed by atoms with Crippen LogP contribution in [0.15, 0.2) is 42.5 Å². The molecule has 2 aromatic rings.